The summed E-state index contributed by atoms with van der Waals surface area (Å²) in [6, 6.07) is 12.7. The number of rotatable bonds is 5. The number of aliphatic hydroxyl groups is 1. The second-order valence-electron chi connectivity index (χ2n) is 4.42. The molecule has 0 fully saturated rings. The van der Waals surface area contributed by atoms with Crippen molar-refractivity contribution >= 4 is 17.5 Å². The molecule has 0 saturated carbocycles. The maximum Gasteiger partial charge on any atom is 0.251 e. The number of halogens is 1. The molecule has 4 nitrogen and oxygen atoms in total. The SMILES string of the molecule is O=C(NCC(O)Cc1ccccc1)c1ccnc(Cl)c1. The minimum atomic E-state index is -0.626. The molecule has 1 atom stereocenters. The van der Waals surface area contributed by atoms with E-state index in [0.29, 0.717) is 12.0 Å². The van der Waals surface area contributed by atoms with Crippen LogP contribution in [0.3, 0.4) is 0 Å². The predicted molar refractivity (Wildman–Crippen MR) is 77.7 cm³/mol. The monoisotopic (exact) mass is 290 g/mol. The van der Waals surface area contributed by atoms with Crippen LogP contribution in [-0.4, -0.2) is 28.6 Å². The minimum absolute atomic E-state index is 0.188. The molecule has 1 aromatic heterocycles. The smallest absolute Gasteiger partial charge is 0.251 e. The number of benzene rings is 1. The van der Waals surface area contributed by atoms with Crippen LogP contribution in [0.1, 0.15) is 15.9 Å². The van der Waals surface area contributed by atoms with Crippen molar-refractivity contribution in [2.75, 3.05) is 6.54 Å². The summed E-state index contributed by atoms with van der Waals surface area (Å²) in [4.78, 5) is 15.7. The largest absolute Gasteiger partial charge is 0.391 e. The maximum atomic E-state index is 11.8. The van der Waals surface area contributed by atoms with E-state index in [2.05, 4.69) is 10.3 Å². The van der Waals surface area contributed by atoms with Gasteiger partial charge in [-0.15, -0.1) is 0 Å². The van der Waals surface area contributed by atoms with Crippen molar-refractivity contribution in [3.63, 3.8) is 0 Å². The standard InChI is InChI=1S/C15H15ClN2O2/c16-14-9-12(6-7-17-14)15(20)18-10-13(19)8-11-4-2-1-3-5-11/h1-7,9,13,19H,8,10H2,(H,18,20). The summed E-state index contributed by atoms with van der Waals surface area (Å²) in [6.45, 7) is 0.188. The van der Waals surface area contributed by atoms with Crippen molar-refractivity contribution in [2.24, 2.45) is 0 Å². The molecule has 104 valence electrons. The lowest BCUT2D eigenvalue weighted by molar-refractivity contribution is 0.0916. The molecular formula is C15H15ClN2O2. The summed E-state index contributed by atoms with van der Waals surface area (Å²) in [5.74, 6) is -0.276. The van der Waals surface area contributed by atoms with Gasteiger partial charge in [-0.25, -0.2) is 4.98 Å². The highest BCUT2D eigenvalue weighted by atomic mass is 35.5. The molecule has 0 bridgehead atoms. The van der Waals surface area contributed by atoms with Crippen molar-refractivity contribution in [3.05, 3.63) is 64.9 Å². The van der Waals surface area contributed by atoms with E-state index in [0.717, 1.165) is 5.56 Å². The first-order valence-electron chi connectivity index (χ1n) is 6.27. The topological polar surface area (TPSA) is 62.2 Å². The first-order chi connectivity index (χ1) is 9.65. The molecule has 0 radical (unpaired) electrons. The van der Waals surface area contributed by atoms with Gasteiger partial charge < -0.3 is 10.4 Å². The highest BCUT2D eigenvalue weighted by molar-refractivity contribution is 6.29. The Balaban J connectivity index is 1.84. The molecule has 1 aromatic carbocycles. The Bertz CT molecular complexity index is 575. The number of hydrogen-bond donors (Lipinski definition) is 2. The number of carbonyl (C=O) groups is 1. The maximum absolute atomic E-state index is 11.8. The number of hydrogen-bond acceptors (Lipinski definition) is 3. The highest BCUT2D eigenvalue weighted by Gasteiger charge is 2.10. The Morgan fingerprint density at radius 3 is 2.75 bits per heavy atom. The molecule has 1 amide bonds. The van der Waals surface area contributed by atoms with E-state index in [-0.39, 0.29) is 17.6 Å². The van der Waals surface area contributed by atoms with Gasteiger partial charge in [0.1, 0.15) is 5.15 Å². The Kier molecular flexibility index (Phi) is 5.09. The Morgan fingerprint density at radius 2 is 2.05 bits per heavy atom. The van der Waals surface area contributed by atoms with Gasteiger partial charge in [0, 0.05) is 24.7 Å². The molecule has 2 N–H and O–H groups in total. The number of nitrogens with one attached hydrogen (secondary N) is 1. The molecular weight excluding hydrogens is 276 g/mol. The first-order valence-corrected chi connectivity index (χ1v) is 6.64. The molecule has 1 heterocycles. The van der Waals surface area contributed by atoms with Crippen molar-refractivity contribution in [1.82, 2.24) is 10.3 Å². The number of aliphatic hydroxyl groups excluding tert-OH is 1. The Labute approximate surface area is 122 Å². The fraction of sp³-hybridized carbons (Fsp3) is 0.200. The van der Waals surface area contributed by atoms with E-state index in [1.165, 1.54) is 12.3 Å². The first kappa shape index (κ1) is 14.5. The van der Waals surface area contributed by atoms with Crippen LogP contribution in [0.25, 0.3) is 0 Å². The lowest BCUT2D eigenvalue weighted by Crippen LogP contribution is -2.33. The normalized spacial score (nSPS) is 11.9. The van der Waals surface area contributed by atoms with Gasteiger partial charge in [0.15, 0.2) is 0 Å². The second-order valence-corrected chi connectivity index (χ2v) is 4.81. The van der Waals surface area contributed by atoms with Gasteiger partial charge in [-0.2, -0.15) is 0 Å². The molecule has 20 heavy (non-hydrogen) atoms. The molecule has 0 aliphatic heterocycles. The van der Waals surface area contributed by atoms with E-state index in [1.807, 2.05) is 30.3 Å². The van der Waals surface area contributed by atoms with Crippen LogP contribution >= 0.6 is 11.6 Å². The zero-order valence-electron chi connectivity index (χ0n) is 10.8. The molecule has 0 aliphatic carbocycles. The van der Waals surface area contributed by atoms with E-state index in [9.17, 15) is 9.90 Å². The summed E-state index contributed by atoms with van der Waals surface area (Å²) in [6.07, 6.45) is 1.34. The molecule has 5 heteroatoms. The molecule has 0 saturated heterocycles. The van der Waals surface area contributed by atoms with Gasteiger partial charge in [0.25, 0.3) is 5.91 Å². The van der Waals surface area contributed by atoms with Gasteiger partial charge in [0.2, 0.25) is 0 Å². The Morgan fingerprint density at radius 1 is 1.30 bits per heavy atom. The molecule has 2 aromatic rings. The molecule has 0 spiro atoms. The average molecular weight is 291 g/mol. The Hall–Kier alpha value is -1.91. The zero-order valence-corrected chi connectivity index (χ0v) is 11.5. The summed E-state index contributed by atoms with van der Waals surface area (Å²) in [7, 11) is 0. The van der Waals surface area contributed by atoms with Crippen molar-refractivity contribution in [3.8, 4) is 0 Å². The second kappa shape index (κ2) is 7.03. The van der Waals surface area contributed by atoms with E-state index in [1.54, 1.807) is 6.07 Å². The lowest BCUT2D eigenvalue weighted by Gasteiger charge is -2.12. The minimum Gasteiger partial charge on any atom is -0.391 e. The van der Waals surface area contributed by atoms with Gasteiger partial charge in [-0.05, 0) is 17.7 Å². The average Bonchev–Trinajstić information content (AvgIpc) is 2.46. The van der Waals surface area contributed by atoms with Crippen molar-refractivity contribution in [2.45, 2.75) is 12.5 Å². The summed E-state index contributed by atoms with van der Waals surface area (Å²) in [5, 5.41) is 12.8. The van der Waals surface area contributed by atoms with Crippen LogP contribution in [0, 0.1) is 0 Å². The third-order valence-electron chi connectivity index (χ3n) is 2.80. The number of pyridine rings is 1. The van der Waals surface area contributed by atoms with Gasteiger partial charge in [0.05, 0.1) is 6.10 Å². The van der Waals surface area contributed by atoms with Crippen LogP contribution in [0.4, 0.5) is 0 Å². The summed E-state index contributed by atoms with van der Waals surface area (Å²) in [5.41, 5.74) is 1.46. The van der Waals surface area contributed by atoms with Crippen LogP contribution in [-0.2, 0) is 6.42 Å². The summed E-state index contributed by atoms with van der Waals surface area (Å²) < 4.78 is 0. The molecule has 1 unspecified atom stereocenters. The van der Waals surface area contributed by atoms with Crippen molar-refractivity contribution < 1.29 is 9.90 Å². The highest BCUT2D eigenvalue weighted by Crippen LogP contribution is 2.07. The molecule has 2 rings (SSSR count). The van der Waals surface area contributed by atoms with Crippen LogP contribution in [0.5, 0.6) is 0 Å². The van der Waals surface area contributed by atoms with Crippen LogP contribution in [0.2, 0.25) is 5.15 Å². The fourth-order valence-electron chi connectivity index (χ4n) is 1.81. The van der Waals surface area contributed by atoms with Crippen LogP contribution in [0.15, 0.2) is 48.7 Å². The third-order valence-corrected chi connectivity index (χ3v) is 3.01. The van der Waals surface area contributed by atoms with E-state index < -0.39 is 6.10 Å². The van der Waals surface area contributed by atoms with Crippen LogP contribution < -0.4 is 5.32 Å². The van der Waals surface area contributed by atoms with Gasteiger partial charge in [-0.3, -0.25) is 4.79 Å². The van der Waals surface area contributed by atoms with Crippen molar-refractivity contribution in [1.29, 1.82) is 0 Å². The quantitative estimate of drug-likeness (QED) is 0.829. The van der Waals surface area contributed by atoms with E-state index in [4.69, 9.17) is 11.6 Å². The number of nitrogens with zero attached hydrogens (tertiary/aromatic N) is 1. The van der Waals surface area contributed by atoms with E-state index >= 15 is 0 Å². The fourth-order valence-corrected chi connectivity index (χ4v) is 1.99. The number of aromatic nitrogens is 1. The predicted octanol–water partition coefficient (Wildman–Crippen LogP) is 2.07. The summed E-state index contributed by atoms with van der Waals surface area (Å²) >= 11 is 5.72. The van der Waals surface area contributed by atoms with Gasteiger partial charge >= 0.3 is 0 Å². The number of carbonyl (C=O) groups excluding carboxylic acids is 1. The lowest BCUT2D eigenvalue weighted by atomic mass is 10.1. The molecule has 0 aliphatic rings. The third kappa shape index (κ3) is 4.33. The number of amides is 1. The van der Waals surface area contributed by atoms with Gasteiger partial charge in [-0.1, -0.05) is 41.9 Å². The zero-order chi connectivity index (χ0) is 14.4.